The minimum atomic E-state index is 0.531. The number of benzene rings is 2. The van der Waals surface area contributed by atoms with Crippen LogP contribution < -0.4 is 16.0 Å². The number of anilines is 5. The fraction of sp³-hybridized carbons (Fsp3) is 0.105. The van der Waals surface area contributed by atoms with Gasteiger partial charge in [0, 0.05) is 12.2 Å². The molecule has 0 atom stereocenters. The summed E-state index contributed by atoms with van der Waals surface area (Å²) in [5.74, 6) is 1.31. The number of hydrogen-bond acceptors (Lipinski definition) is 7. The van der Waals surface area contributed by atoms with E-state index < -0.39 is 0 Å². The lowest BCUT2D eigenvalue weighted by atomic mass is 10.2. The Morgan fingerprint density at radius 3 is 2.81 bits per heavy atom. The van der Waals surface area contributed by atoms with Gasteiger partial charge < -0.3 is 16.0 Å². The first-order valence-corrected chi connectivity index (χ1v) is 9.20. The zero-order valence-corrected chi connectivity index (χ0v) is 14.7. The van der Waals surface area contributed by atoms with Gasteiger partial charge in [0.25, 0.3) is 0 Å². The van der Waals surface area contributed by atoms with E-state index in [9.17, 15) is 0 Å². The van der Waals surface area contributed by atoms with E-state index in [2.05, 4.69) is 43.4 Å². The quantitative estimate of drug-likeness (QED) is 0.572. The van der Waals surface area contributed by atoms with Gasteiger partial charge >= 0.3 is 0 Å². The van der Waals surface area contributed by atoms with Crippen molar-refractivity contribution in [3.05, 3.63) is 60.4 Å². The molecule has 0 saturated heterocycles. The van der Waals surface area contributed by atoms with Crippen LogP contribution in [0.4, 0.5) is 28.1 Å². The van der Waals surface area contributed by atoms with Crippen molar-refractivity contribution >= 4 is 49.7 Å². The zero-order valence-electron chi connectivity index (χ0n) is 13.9. The normalized spacial score (nSPS) is 13.2. The molecule has 1 aliphatic rings. The second-order valence-electron chi connectivity index (χ2n) is 6.10. The van der Waals surface area contributed by atoms with Crippen molar-refractivity contribution in [3.8, 4) is 0 Å². The average Bonchev–Trinajstić information content (AvgIpc) is 3.27. The molecule has 1 aliphatic heterocycles. The highest BCUT2D eigenvalue weighted by Gasteiger charge is 2.24. The molecule has 0 amide bonds. The molecule has 5 rings (SSSR count). The minimum absolute atomic E-state index is 0.531. The van der Waals surface area contributed by atoms with Crippen molar-refractivity contribution in [1.82, 2.24) is 15.0 Å². The van der Waals surface area contributed by atoms with E-state index in [-0.39, 0.29) is 0 Å². The zero-order chi connectivity index (χ0) is 17.5. The van der Waals surface area contributed by atoms with Crippen LogP contribution >= 0.6 is 11.3 Å². The number of aromatic nitrogens is 3. The van der Waals surface area contributed by atoms with E-state index in [1.54, 1.807) is 17.7 Å². The first kappa shape index (κ1) is 15.1. The highest BCUT2D eigenvalue weighted by molar-refractivity contribution is 7.22. The smallest absolute Gasteiger partial charge is 0.189 e. The molecule has 4 aromatic rings. The lowest BCUT2D eigenvalue weighted by Gasteiger charge is -2.20. The number of fused-ring (bicyclic) bond motifs is 2. The molecule has 0 bridgehead atoms. The first-order chi connectivity index (χ1) is 12.8. The third-order valence-electron chi connectivity index (χ3n) is 4.52. The van der Waals surface area contributed by atoms with Crippen molar-refractivity contribution < 1.29 is 0 Å². The fourth-order valence-electron chi connectivity index (χ4n) is 3.29. The molecule has 128 valence electrons. The largest absolute Gasteiger partial charge is 0.393 e. The maximum Gasteiger partial charge on any atom is 0.189 e. The van der Waals surface area contributed by atoms with E-state index in [1.807, 2.05) is 30.3 Å². The van der Waals surface area contributed by atoms with E-state index in [0.717, 1.165) is 39.8 Å². The summed E-state index contributed by atoms with van der Waals surface area (Å²) in [5.41, 5.74) is 10.4. The fourth-order valence-corrected chi connectivity index (χ4v) is 4.15. The number of hydrogen-bond donors (Lipinski definition) is 2. The molecular weight excluding hydrogens is 344 g/mol. The molecule has 0 spiro atoms. The van der Waals surface area contributed by atoms with Crippen molar-refractivity contribution in [2.45, 2.75) is 6.42 Å². The molecule has 0 unspecified atom stereocenters. The Morgan fingerprint density at radius 2 is 1.88 bits per heavy atom. The summed E-state index contributed by atoms with van der Waals surface area (Å²) in [6.45, 7) is 0.862. The molecule has 7 heteroatoms. The summed E-state index contributed by atoms with van der Waals surface area (Å²) in [6.07, 6.45) is 2.53. The Hall–Kier alpha value is -3.19. The first-order valence-electron chi connectivity index (χ1n) is 8.38. The highest BCUT2D eigenvalue weighted by atomic mass is 32.1. The van der Waals surface area contributed by atoms with Crippen LogP contribution in [0, 0.1) is 0 Å². The van der Waals surface area contributed by atoms with Crippen LogP contribution in [0.2, 0.25) is 0 Å². The van der Waals surface area contributed by atoms with Gasteiger partial charge in [0.1, 0.15) is 12.0 Å². The topological polar surface area (TPSA) is 80.0 Å². The Kier molecular flexibility index (Phi) is 3.46. The lowest BCUT2D eigenvalue weighted by molar-refractivity contribution is 0.967. The van der Waals surface area contributed by atoms with Gasteiger partial charge in [-0.3, -0.25) is 0 Å². The maximum atomic E-state index is 6.41. The van der Waals surface area contributed by atoms with E-state index in [4.69, 9.17) is 5.73 Å². The molecule has 0 saturated carbocycles. The van der Waals surface area contributed by atoms with E-state index in [1.165, 1.54) is 5.56 Å². The van der Waals surface area contributed by atoms with Crippen LogP contribution in [-0.4, -0.2) is 21.5 Å². The van der Waals surface area contributed by atoms with E-state index >= 15 is 0 Å². The predicted octanol–water partition coefficient (Wildman–Crippen LogP) is 4.11. The van der Waals surface area contributed by atoms with Crippen molar-refractivity contribution in [2.75, 3.05) is 22.5 Å². The summed E-state index contributed by atoms with van der Waals surface area (Å²) < 4.78 is 1.12. The van der Waals surface area contributed by atoms with Crippen LogP contribution in [0.1, 0.15) is 5.56 Å². The minimum Gasteiger partial charge on any atom is -0.393 e. The molecule has 2 aromatic heterocycles. The standard InChI is InChI=1S/C19H16N6S/c20-16-17(24-19-23-13-6-2-4-8-15(13)26-19)21-11-22-18(16)25-10-9-12-5-1-3-7-14(12)25/h1-8,11H,9-10,20H2,(H,21,22,23,24). The van der Waals surface area contributed by atoms with Gasteiger partial charge in [-0.1, -0.05) is 41.7 Å². The number of nitrogen functional groups attached to an aromatic ring is 1. The molecule has 0 fully saturated rings. The number of para-hydroxylation sites is 2. The van der Waals surface area contributed by atoms with Gasteiger partial charge in [-0.25, -0.2) is 15.0 Å². The third kappa shape index (κ3) is 2.44. The highest BCUT2D eigenvalue weighted by Crippen LogP contribution is 2.38. The molecule has 26 heavy (non-hydrogen) atoms. The number of rotatable bonds is 3. The van der Waals surface area contributed by atoms with Crippen LogP contribution in [0.5, 0.6) is 0 Å². The Labute approximate surface area is 154 Å². The van der Waals surface area contributed by atoms with Crippen molar-refractivity contribution in [3.63, 3.8) is 0 Å². The van der Waals surface area contributed by atoms with Gasteiger partial charge in [-0.15, -0.1) is 0 Å². The van der Waals surface area contributed by atoms with Gasteiger partial charge in [0.2, 0.25) is 0 Å². The number of thiazole rings is 1. The molecular formula is C19H16N6S. The number of nitrogens with zero attached hydrogens (tertiary/aromatic N) is 4. The number of nitrogens with two attached hydrogens (primary N) is 1. The van der Waals surface area contributed by atoms with Gasteiger partial charge in [-0.05, 0) is 30.2 Å². The Morgan fingerprint density at radius 1 is 1.04 bits per heavy atom. The van der Waals surface area contributed by atoms with Crippen LogP contribution in [-0.2, 0) is 6.42 Å². The third-order valence-corrected chi connectivity index (χ3v) is 5.48. The molecule has 0 aliphatic carbocycles. The molecule has 3 N–H and O–H groups in total. The summed E-state index contributed by atoms with van der Waals surface area (Å²) in [5, 5.41) is 4.02. The average molecular weight is 360 g/mol. The van der Waals surface area contributed by atoms with Gasteiger partial charge in [0.05, 0.1) is 10.2 Å². The monoisotopic (exact) mass is 360 g/mol. The van der Waals surface area contributed by atoms with Crippen LogP contribution in [0.3, 0.4) is 0 Å². The molecule has 2 aromatic carbocycles. The Balaban J connectivity index is 1.51. The predicted molar refractivity (Wildman–Crippen MR) is 106 cm³/mol. The summed E-state index contributed by atoms with van der Waals surface area (Å²) in [6, 6.07) is 16.4. The van der Waals surface area contributed by atoms with Gasteiger partial charge in [0.15, 0.2) is 16.8 Å². The Bertz CT molecular complexity index is 1070. The van der Waals surface area contributed by atoms with Crippen LogP contribution in [0.15, 0.2) is 54.9 Å². The maximum absolute atomic E-state index is 6.41. The molecule has 0 radical (unpaired) electrons. The van der Waals surface area contributed by atoms with Crippen LogP contribution in [0.25, 0.3) is 10.2 Å². The second-order valence-corrected chi connectivity index (χ2v) is 7.13. The lowest BCUT2D eigenvalue weighted by Crippen LogP contribution is -2.17. The summed E-state index contributed by atoms with van der Waals surface area (Å²) in [4.78, 5) is 15.5. The SMILES string of the molecule is Nc1c(Nc2nc3ccccc3s2)ncnc1N1CCc2ccccc21. The van der Waals surface area contributed by atoms with Crippen molar-refractivity contribution in [2.24, 2.45) is 0 Å². The molecule has 6 nitrogen and oxygen atoms in total. The van der Waals surface area contributed by atoms with Gasteiger partial charge in [-0.2, -0.15) is 0 Å². The summed E-state index contributed by atoms with van der Waals surface area (Å²) in [7, 11) is 0. The summed E-state index contributed by atoms with van der Waals surface area (Å²) >= 11 is 1.58. The van der Waals surface area contributed by atoms with Crippen molar-refractivity contribution in [1.29, 1.82) is 0 Å². The van der Waals surface area contributed by atoms with E-state index in [0.29, 0.717) is 11.5 Å². The number of nitrogens with one attached hydrogen (secondary N) is 1. The molecule has 3 heterocycles. The second kappa shape index (κ2) is 5.96.